The molecule has 1 amide bonds. The maximum Gasteiger partial charge on any atom is 0.303 e. The van der Waals surface area contributed by atoms with Crippen molar-refractivity contribution in [2.45, 2.75) is 25.7 Å². The second-order valence-corrected chi connectivity index (χ2v) is 2.39. The van der Waals surface area contributed by atoms with Crippen molar-refractivity contribution >= 4 is 11.9 Å². The van der Waals surface area contributed by atoms with E-state index in [4.69, 9.17) is 5.11 Å². The largest absolute Gasteiger partial charge is 0.481 e. The molecule has 0 aromatic heterocycles. The predicted octanol–water partition coefficient (Wildman–Crippen LogP) is -0.0607. The van der Waals surface area contributed by atoms with Crippen LogP contribution in [0.2, 0.25) is 0 Å². The van der Waals surface area contributed by atoms with Crippen LogP contribution in [-0.2, 0) is 9.59 Å². The van der Waals surface area contributed by atoms with Crippen LogP contribution in [0.3, 0.4) is 0 Å². The van der Waals surface area contributed by atoms with Crippen LogP contribution in [-0.4, -0.2) is 22.0 Å². The third-order valence-electron chi connectivity index (χ3n) is 1.26. The number of carbonyl (C=O) groups excluding carboxylic acids is 1. The lowest BCUT2D eigenvalue weighted by Crippen LogP contribution is -2.28. The van der Waals surface area contributed by atoms with E-state index in [1.165, 1.54) is 5.43 Å². The molecule has 0 aromatic carbocycles. The average molecular weight is 190 g/mol. The molecule has 0 aromatic rings. The van der Waals surface area contributed by atoms with E-state index < -0.39 is 16.9 Å². The Morgan fingerprint density at radius 2 is 1.85 bits per heavy atom. The normalized spacial score (nSPS) is 9.23. The number of nitrogens with zero attached hydrogens (tertiary/aromatic N) is 1. The second-order valence-electron chi connectivity index (χ2n) is 2.39. The van der Waals surface area contributed by atoms with Crippen LogP contribution in [0.25, 0.3) is 0 Å². The minimum atomic E-state index is -0.935. The highest BCUT2D eigenvalue weighted by Gasteiger charge is 2.06. The number of amides is 1. The molecule has 0 fully saturated rings. The monoisotopic (exact) mass is 190 g/mol. The van der Waals surface area contributed by atoms with Crippen molar-refractivity contribution < 1.29 is 19.7 Å². The minimum absolute atomic E-state index is 0.0196. The Hall–Kier alpha value is -1.66. The molecule has 7 nitrogen and oxygen atoms in total. The molecule has 0 rings (SSSR count). The minimum Gasteiger partial charge on any atom is -0.481 e. The van der Waals surface area contributed by atoms with Gasteiger partial charge in [0.15, 0.2) is 5.03 Å². The molecular weight excluding hydrogens is 180 g/mol. The van der Waals surface area contributed by atoms with Crippen molar-refractivity contribution in [1.82, 2.24) is 5.43 Å². The summed E-state index contributed by atoms with van der Waals surface area (Å²) >= 11 is 0. The zero-order valence-electron chi connectivity index (χ0n) is 6.86. The van der Waals surface area contributed by atoms with Crippen molar-refractivity contribution in [2.75, 3.05) is 0 Å². The first-order valence-corrected chi connectivity index (χ1v) is 3.68. The molecule has 0 aliphatic carbocycles. The highest BCUT2D eigenvalue weighted by Crippen LogP contribution is 1.99. The average Bonchev–Trinajstić information content (AvgIpc) is 1.96. The molecular formula is C6H10N2O5. The molecule has 0 unspecified atom stereocenters. The number of nitro groups is 1. The van der Waals surface area contributed by atoms with E-state index >= 15 is 0 Å². The van der Waals surface area contributed by atoms with Gasteiger partial charge in [-0.15, -0.1) is 0 Å². The van der Waals surface area contributed by atoms with E-state index in [1.54, 1.807) is 0 Å². The molecule has 0 aliphatic rings. The lowest BCUT2D eigenvalue weighted by atomic mass is 10.2. The van der Waals surface area contributed by atoms with E-state index in [0.717, 1.165) is 0 Å². The standard InChI is InChI=1S/C6H10N2O5/c9-5(7-8(12)13)3-1-2-4-6(10)11/h1-4H2,(H,7,9)(H,10,11). The zero-order valence-corrected chi connectivity index (χ0v) is 6.86. The molecule has 0 saturated carbocycles. The van der Waals surface area contributed by atoms with Gasteiger partial charge in [0.2, 0.25) is 0 Å². The van der Waals surface area contributed by atoms with Crippen molar-refractivity contribution in [3.05, 3.63) is 10.1 Å². The molecule has 0 atom stereocenters. The van der Waals surface area contributed by atoms with Crippen LogP contribution < -0.4 is 5.43 Å². The number of carboxylic acid groups (broad SMARTS) is 1. The number of aliphatic carboxylic acids is 1. The van der Waals surface area contributed by atoms with E-state index in [2.05, 4.69) is 0 Å². The van der Waals surface area contributed by atoms with Crippen LogP contribution in [0.1, 0.15) is 25.7 Å². The van der Waals surface area contributed by atoms with Gasteiger partial charge in [0.05, 0.1) is 0 Å². The fraction of sp³-hybridized carbons (Fsp3) is 0.667. The summed E-state index contributed by atoms with van der Waals surface area (Å²) in [5.41, 5.74) is 1.47. The number of nitrogens with one attached hydrogen (secondary N) is 1. The van der Waals surface area contributed by atoms with Crippen molar-refractivity contribution in [3.63, 3.8) is 0 Å². The quantitative estimate of drug-likeness (QED) is 0.346. The number of rotatable bonds is 6. The molecule has 0 radical (unpaired) electrons. The fourth-order valence-corrected chi connectivity index (χ4v) is 0.720. The SMILES string of the molecule is O=C(O)CCCCC(=O)N[N+](=O)[O-]. The van der Waals surface area contributed by atoms with Gasteiger partial charge >= 0.3 is 5.97 Å². The molecule has 0 bridgehead atoms. The van der Waals surface area contributed by atoms with Gasteiger partial charge in [-0.05, 0) is 12.8 Å². The van der Waals surface area contributed by atoms with Crippen LogP contribution in [0.4, 0.5) is 0 Å². The third kappa shape index (κ3) is 8.24. The van der Waals surface area contributed by atoms with Crippen molar-refractivity contribution in [3.8, 4) is 0 Å². The number of carbonyl (C=O) groups is 2. The summed E-state index contributed by atoms with van der Waals surface area (Å²) in [6, 6.07) is 0. The lowest BCUT2D eigenvalue weighted by molar-refractivity contribution is -0.530. The summed E-state index contributed by atoms with van der Waals surface area (Å²) in [6.45, 7) is 0. The predicted molar refractivity (Wildman–Crippen MR) is 41.2 cm³/mol. The highest BCUT2D eigenvalue weighted by atomic mass is 16.7. The maximum atomic E-state index is 10.6. The van der Waals surface area contributed by atoms with Gasteiger partial charge in [-0.2, -0.15) is 0 Å². The van der Waals surface area contributed by atoms with Gasteiger partial charge in [0.25, 0.3) is 5.91 Å². The molecule has 0 saturated heterocycles. The van der Waals surface area contributed by atoms with E-state index in [-0.39, 0.29) is 12.8 Å². The van der Waals surface area contributed by atoms with Crippen LogP contribution in [0, 0.1) is 10.1 Å². The number of carboxylic acids is 1. The van der Waals surface area contributed by atoms with Crippen molar-refractivity contribution in [1.29, 1.82) is 0 Å². The molecule has 7 heteroatoms. The highest BCUT2D eigenvalue weighted by molar-refractivity contribution is 5.74. The summed E-state index contributed by atoms with van der Waals surface area (Å²) in [7, 11) is 0. The summed E-state index contributed by atoms with van der Waals surface area (Å²) in [6.07, 6.45) is 0.645. The van der Waals surface area contributed by atoms with Crippen LogP contribution in [0.5, 0.6) is 0 Å². The molecule has 0 aliphatic heterocycles. The fourth-order valence-electron chi connectivity index (χ4n) is 0.720. The van der Waals surface area contributed by atoms with Gasteiger partial charge in [-0.1, -0.05) is 5.43 Å². The van der Waals surface area contributed by atoms with Crippen LogP contribution in [0.15, 0.2) is 0 Å². The zero-order chi connectivity index (χ0) is 10.3. The first kappa shape index (κ1) is 11.3. The van der Waals surface area contributed by atoms with Crippen molar-refractivity contribution in [2.24, 2.45) is 0 Å². The maximum absolute atomic E-state index is 10.6. The Labute approximate surface area is 73.9 Å². The van der Waals surface area contributed by atoms with Gasteiger partial charge in [0.1, 0.15) is 0 Å². The van der Waals surface area contributed by atoms with E-state index in [9.17, 15) is 19.7 Å². The first-order chi connectivity index (χ1) is 6.02. The van der Waals surface area contributed by atoms with Gasteiger partial charge in [-0.25, -0.2) is 10.1 Å². The number of hydrazine groups is 1. The van der Waals surface area contributed by atoms with E-state index in [0.29, 0.717) is 12.8 Å². The third-order valence-corrected chi connectivity index (χ3v) is 1.26. The Bertz CT molecular complexity index is 215. The molecule has 0 spiro atoms. The van der Waals surface area contributed by atoms with Gasteiger partial charge in [0, 0.05) is 12.8 Å². The number of hydrogen-bond donors (Lipinski definition) is 2. The molecule has 74 valence electrons. The molecule has 0 heterocycles. The van der Waals surface area contributed by atoms with Crippen LogP contribution >= 0.6 is 0 Å². The Morgan fingerprint density at radius 1 is 1.31 bits per heavy atom. The summed E-state index contributed by atoms with van der Waals surface area (Å²) in [5.74, 6) is -1.63. The van der Waals surface area contributed by atoms with Gasteiger partial charge in [-0.3, -0.25) is 9.59 Å². The van der Waals surface area contributed by atoms with E-state index in [1.807, 2.05) is 0 Å². The second kappa shape index (κ2) is 5.92. The number of unbranched alkanes of at least 4 members (excludes halogenated alkanes) is 1. The smallest absolute Gasteiger partial charge is 0.303 e. The van der Waals surface area contributed by atoms with Gasteiger partial charge < -0.3 is 5.11 Å². The number of hydrogen-bond acceptors (Lipinski definition) is 4. The lowest BCUT2D eigenvalue weighted by Gasteiger charge is -1.95. The topological polar surface area (TPSA) is 110 Å². The Kier molecular flexibility index (Phi) is 5.17. The molecule has 13 heavy (non-hydrogen) atoms. The summed E-state index contributed by atoms with van der Waals surface area (Å²) in [5, 5.41) is 17.0. The molecule has 2 N–H and O–H groups in total. The summed E-state index contributed by atoms with van der Waals surface area (Å²) < 4.78 is 0. The Balaban J connectivity index is 3.37. The Morgan fingerprint density at radius 3 is 2.31 bits per heavy atom. The summed E-state index contributed by atoms with van der Waals surface area (Å²) in [4.78, 5) is 30.3. The first-order valence-electron chi connectivity index (χ1n) is 3.68.